The van der Waals surface area contributed by atoms with Crippen LogP contribution in [-0.4, -0.2) is 102 Å². The van der Waals surface area contributed by atoms with Gasteiger partial charge in [-0.15, -0.1) is 0 Å². The molecule has 274 valence electrons. The zero-order valence-electron chi connectivity index (χ0n) is 30.7. The molecule has 0 radical (unpaired) electrons. The number of aromatic nitrogens is 1. The van der Waals surface area contributed by atoms with E-state index in [0.29, 0.717) is 39.3 Å². The van der Waals surface area contributed by atoms with E-state index >= 15 is 0 Å². The molecule has 50 heavy (non-hydrogen) atoms. The lowest BCUT2D eigenvalue weighted by Gasteiger charge is -2.45. The first-order chi connectivity index (χ1) is 23.6. The summed E-state index contributed by atoms with van der Waals surface area (Å²) in [4.78, 5) is 13.0. The maximum Gasteiger partial charge on any atom is 0.210 e. The Morgan fingerprint density at radius 3 is 2.16 bits per heavy atom. The number of likely N-dealkylation sites (tertiary alicyclic amines) is 2. The van der Waals surface area contributed by atoms with Crippen LogP contribution in [0.5, 0.6) is 5.75 Å². The van der Waals surface area contributed by atoms with E-state index in [1.165, 1.54) is 6.20 Å². The number of nitrogens with zero attached hydrogens (tertiary/aromatic N) is 4. The largest absolute Gasteiger partial charge is 0.612 e. The minimum Gasteiger partial charge on any atom is -0.612 e. The molecule has 0 aliphatic carbocycles. The number of hydrogen-bond acceptors (Lipinski definition) is 9. The lowest BCUT2D eigenvalue weighted by molar-refractivity contribution is 0.0170. The average Bonchev–Trinajstić information content (AvgIpc) is 3.06. The van der Waals surface area contributed by atoms with Gasteiger partial charge in [0.05, 0.1) is 22.2 Å². The highest BCUT2D eigenvalue weighted by molar-refractivity contribution is 7.91. The van der Waals surface area contributed by atoms with Gasteiger partial charge < -0.3 is 24.2 Å². The number of ether oxygens (including phenoxy) is 1. The highest BCUT2D eigenvalue weighted by Gasteiger charge is 2.35. The second-order valence-electron chi connectivity index (χ2n) is 16.5. The molecule has 2 atom stereocenters. The number of pyridine rings is 1. The number of hydrogen-bond donors (Lipinski definition) is 1. The van der Waals surface area contributed by atoms with Gasteiger partial charge in [-0.2, -0.15) is 0 Å². The van der Waals surface area contributed by atoms with Crippen molar-refractivity contribution < 1.29 is 22.8 Å². The fourth-order valence-corrected chi connectivity index (χ4v) is 10.6. The zero-order valence-corrected chi connectivity index (χ0v) is 32.4. The zero-order chi connectivity index (χ0) is 35.8. The second-order valence-corrected chi connectivity index (χ2v) is 19.8. The van der Waals surface area contributed by atoms with Gasteiger partial charge in [0.2, 0.25) is 9.84 Å². The molecule has 3 aliphatic rings. The Morgan fingerprint density at radius 1 is 0.900 bits per heavy atom. The van der Waals surface area contributed by atoms with E-state index in [0.717, 1.165) is 84.2 Å². The third kappa shape index (κ3) is 8.61. The topological polar surface area (TPSA) is 109 Å². The van der Waals surface area contributed by atoms with Crippen molar-refractivity contribution in [2.24, 2.45) is 5.41 Å². The molecule has 0 amide bonds. The molecule has 0 saturated carbocycles. The number of aliphatic hydroxyl groups excluding tert-OH is 1. The summed E-state index contributed by atoms with van der Waals surface area (Å²) >= 11 is -1.23. The number of sulfone groups is 1. The molecule has 2 aromatic carbocycles. The van der Waals surface area contributed by atoms with E-state index in [9.17, 15) is 18.1 Å². The molecule has 3 aliphatic heterocycles. The Balaban J connectivity index is 1.23. The summed E-state index contributed by atoms with van der Waals surface area (Å²) in [7, 11) is -3.96. The molecule has 2 unspecified atom stereocenters. The van der Waals surface area contributed by atoms with Crippen LogP contribution >= 0.6 is 0 Å². The van der Waals surface area contributed by atoms with Crippen LogP contribution in [0, 0.1) is 5.41 Å². The molecule has 1 N–H and O–H groups in total. The Labute approximate surface area is 302 Å². The lowest BCUT2D eigenvalue weighted by Crippen LogP contribution is -2.53. The number of β-amino-alcohol motifs (C(OH)–C–C–N with tert-alkyl or cyclic N) is 1. The molecule has 11 heteroatoms. The standard InChI is InChI=1S/C39H56N4O5S2/c1-38(2,3)27-39(4,5)48-31-9-12-33(13-10-31)50(46,47)36-25-40-35-14-11-32(49(6)45)24-34(35)37(36)42-22-17-28(18-23-42)41-20-15-29(16-21-41)43-19-7-8-30(44)26-43/h9-14,24-25,28-30,44H,7-8,15-23,26-27H2,1-6H3. The summed E-state index contributed by atoms with van der Waals surface area (Å²) in [5.41, 5.74) is 1.00. The Morgan fingerprint density at radius 2 is 1.54 bits per heavy atom. The molecular weight excluding hydrogens is 669 g/mol. The van der Waals surface area contributed by atoms with E-state index in [1.54, 1.807) is 30.5 Å². The van der Waals surface area contributed by atoms with E-state index < -0.39 is 26.6 Å². The Bertz CT molecular complexity index is 1730. The van der Waals surface area contributed by atoms with Crippen LogP contribution in [0.2, 0.25) is 0 Å². The maximum absolute atomic E-state index is 14.4. The molecule has 0 bridgehead atoms. The summed E-state index contributed by atoms with van der Waals surface area (Å²) in [6.07, 6.45) is 9.91. The number of piperidine rings is 3. The highest BCUT2D eigenvalue weighted by Crippen LogP contribution is 2.39. The van der Waals surface area contributed by atoms with Crippen LogP contribution in [-0.2, 0) is 21.0 Å². The number of aliphatic hydroxyl groups is 1. The number of anilines is 1. The lowest BCUT2D eigenvalue weighted by atomic mass is 9.83. The molecule has 3 saturated heterocycles. The number of fused-ring (bicyclic) bond motifs is 1. The highest BCUT2D eigenvalue weighted by atomic mass is 32.2. The fourth-order valence-electron chi connectivity index (χ4n) is 8.67. The first-order valence-electron chi connectivity index (χ1n) is 18.3. The van der Waals surface area contributed by atoms with Gasteiger partial charge in [0.25, 0.3) is 0 Å². The van der Waals surface area contributed by atoms with Gasteiger partial charge in [-0.05, 0) is 131 Å². The average molecular weight is 725 g/mol. The molecule has 0 spiro atoms. The van der Waals surface area contributed by atoms with Crippen molar-refractivity contribution in [1.29, 1.82) is 0 Å². The van der Waals surface area contributed by atoms with Crippen molar-refractivity contribution in [2.45, 2.75) is 118 Å². The third-order valence-electron chi connectivity index (χ3n) is 10.6. The minimum atomic E-state index is -3.96. The predicted molar refractivity (Wildman–Crippen MR) is 201 cm³/mol. The van der Waals surface area contributed by atoms with Crippen molar-refractivity contribution in [3.8, 4) is 5.75 Å². The van der Waals surface area contributed by atoms with Gasteiger partial charge in [-0.3, -0.25) is 9.88 Å². The molecule has 9 nitrogen and oxygen atoms in total. The molecule has 1 aromatic heterocycles. The molecule has 3 fully saturated rings. The summed E-state index contributed by atoms with van der Waals surface area (Å²) in [6, 6.07) is 13.2. The van der Waals surface area contributed by atoms with Gasteiger partial charge in [-0.1, -0.05) is 20.8 Å². The normalized spacial score (nSPS) is 21.8. The third-order valence-corrected chi connectivity index (χ3v) is 13.3. The van der Waals surface area contributed by atoms with Crippen LogP contribution in [0.4, 0.5) is 5.69 Å². The first kappa shape index (κ1) is 37.4. The molecule has 6 rings (SSSR count). The second kappa shape index (κ2) is 14.9. The first-order valence-corrected chi connectivity index (χ1v) is 21.4. The van der Waals surface area contributed by atoms with Crippen LogP contribution < -0.4 is 9.64 Å². The quantitative estimate of drug-likeness (QED) is 0.255. The van der Waals surface area contributed by atoms with E-state index in [-0.39, 0.29) is 21.3 Å². The van der Waals surface area contributed by atoms with E-state index in [1.807, 2.05) is 18.2 Å². The predicted octanol–water partition coefficient (Wildman–Crippen LogP) is 6.29. The summed E-state index contributed by atoms with van der Waals surface area (Å²) in [5.74, 6) is 0.629. The molecule has 3 aromatic rings. The van der Waals surface area contributed by atoms with Crippen molar-refractivity contribution in [3.63, 3.8) is 0 Å². The smallest absolute Gasteiger partial charge is 0.210 e. The van der Waals surface area contributed by atoms with Gasteiger partial charge in [-0.25, -0.2) is 8.42 Å². The monoisotopic (exact) mass is 724 g/mol. The Kier molecular flexibility index (Phi) is 11.1. The fraction of sp³-hybridized carbons (Fsp3) is 0.615. The van der Waals surface area contributed by atoms with E-state index in [4.69, 9.17) is 4.74 Å². The van der Waals surface area contributed by atoms with E-state index in [2.05, 4.69) is 54.3 Å². The number of benzene rings is 2. The minimum absolute atomic E-state index is 0.0833. The number of rotatable bonds is 9. The maximum atomic E-state index is 14.4. The molecular formula is C39H56N4O5S2. The molecule has 4 heterocycles. The van der Waals surface area contributed by atoms with Crippen LogP contribution in [0.25, 0.3) is 10.9 Å². The van der Waals surface area contributed by atoms with Crippen LogP contribution in [0.3, 0.4) is 0 Å². The summed E-state index contributed by atoms with van der Waals surface area (Å²) in [6.45, 7) is 16.1. The van der Waals surface area contributed by atoms with Gasteiger partial charge in [0.1, 0.15) is 22.5 Å². The Hall–Kier alpha value is -2.41. The SMILES string of the molecule is C[S+]([O-])c1ccc2ncc(S(=O)(=O)c3ccc(OC(C)(C)CC(C)(C)C)cc3)c(N3CCC(N4CCC(N5CCCC(O)C5)CC4)CC3)c2c1. The van der Waals surface area contributed by atoms with Gasteiger partial charge in [0.15, 0.2) is 4.90 Å². The van der Waals surface area contributed by atoms with Crippen molar-refractivity contribution in [3.05, 3.63) is 48.7 Å². The van der Waals surface area contributed by atoms with Gasteiger partial charge in [0, 0.05) is 49.4 Å². The van der Waals surface area contributed by atoms with Crippen molar-refractivity contribution in [1.82, 2.24) is 14.8 Å². The van der Waals surface area contributed by atoms with Crippen molar-refractivity contribution >= 4 is 37.6 Å². The van der Waals surface area contributed by atoms with Crippen LogP contribution in [0.15, 0.2) is 63.3 Å². The van der Waals surface area contributed by atoms with Crippen LogP contribution in [0.1, 0.15) is 79.6 Å². The van der Waals surface area contributed by atoms with Crippen molar-refractivity contribution in [2.75, 3.05) is 50.4 Å². The summed E-state index contributed by atoms with van der Waals surface area (Å²) < 4.78 is 47.8. The van der Waals surface area contributed by atoms with Gasteiger partial charge >= 0.3 is 0 Å². The summed E-state index contributed by atoms with van der Waals surface area (Å²) in [5, 5.41) is 10.9.